The molecule has 0 radical (unpaired) electrons. The SMILES string of the molecule is CC(O)C(NSNC(CC(N)=O)c1nc(CN)no1)C(=O)O.CC1CC1. The van der Waals surface area contributed by atoms with Crippen molar-refractivity contribution in [2.45, 2.75) is 57.8 Å². The van der Waals surface area contributed by atoms with E-state index in [1.54, 1.807) is 0 Å². The highest BCUT2D eigenvalue weighted by Gasteiger charge is 2.25. The number of aliphatic carboxylic acids is 1. The molecular formula is C14H26N6O5S. The van der Waals surface area contributed by atoms with Crippen molar-refractivity contribution in [2.75, 3.05) is 0 Å². The number of hydrogen-bond acceptors (Lipinski definition) is 10. The van der Waals surface area contributed by atoms with Crippen LogP contribution in [0, 0.1) is 5.92 Å². The van der Waals surface area contributed by atoms with Crippen LogP contribution in [0.5, 0.6) is 0 Å². The van der Waals surface area contributed by atoms with Crippen LogP contribution in [-0.4, -0.2) is 44.4 Å². The number of nitrogens with zero attached hydrogens (tertiary/aromatic N) is 2. The number of primary amides is 1. The van der Waals surface area contributed by atoms with E-state index in [2.05, 4.69) is 26.5 Å². The molecule has 0 saturated heterocycles. The van der Waals surface area contributed by atoms with Gasteiger partial charge in [0, 0.05) is 12.1 Å². The summed E-state index contributed by atoms with van der Waals surface area (Å²) >= 11 is 0.772. The number of carboxylic acids is 1. The summed E-state index contributed by atoms with van der Waals surface area (Å²) in [7, 11) is 0. The Labute approximate surface area is 155 Å². The van der Waals surface area contributed by atoms with Gasteiger partial charge >= 0.3 is 5.97 Å². The zero-order valence-corrected chi connectivity index (χ0v) is 15.5. The van der Waals surface area contributed by atoms with E-state index < -0.39 is 30.1 Å². The lowest BCUT2D eigenvalue weighted by Crippen LogP contribution is -2.43. The molecule has 3 atom stereocenters. The fourth-order valence-electron chi connectivity index (χ4n) is 1.56. The van der Waals surface area contributed by atoms with Gasteiger partial charge in [-0.3, -0.25) is 9.59 Å². The fourth-order valence-corrected chi connectivity index (χ4v) is 2.38. The highest BCUT2D eigenvalue weighted by Crippen LogP contribution is 2.26. The fraction of sp³-hybridized carbons (Fsp3) is 0.714. The molecule has 3 unspecified atom stereocenters. The van der Waals surface area contributed by atoms with Gasteiger partial charge < -0.3 is 26.2 Å². The van der Waals surface area contributed by atoms with Crippen LogP contribution in [0.15, 0.2) is 4.52 Å². The highest BCUT2D eigenvalue weighted by atomic mass is 32.2. The summed E-state index contributed by atoms with van der Waals surface area (Å²) in [6.45, 7) is 3.68. The van der Waals surface area contributed by atoms with Gasteiger partial charge in [0.25, 0.3) is 0 Å². The van der Waals surface area contributed by atoms with Gasteiger partial charge in [-0.1, -0.05) is 24.9 Å². The molecule has 1 aromatic heterocycles. The summed E-state index contributed by atoms with van der Waals surface area (Å²) < 4.78 is 10.2. The first-order chi connectivity index (χ1) is 12.2. The van der Waals surface area contributed by atoms with Crippen LogP contribution in [0.3, 0.4) is 0 Å². The molecule has 1 aromatic rings. The molecule has 0 aliphatic heterocycles. The summed E-state index contributed by atoms with van der Waals surface area (Å²) in [6, 6.07) is -1.93. The maximum absolute atomic E-state index is 11.1. The lowest BCUT2D eigenvalue weighted by molar-refractivity contribution is -0.141. The molecule has 8 N–H and O–H groups in total. The molecule has 11 nitrogen and oxygen atoms in total. The van der Waals surface area contributed by atoms with Crippen LogP contribution in [0.25, 0.3) is 0 Å². The smallest absolute Gasteiger partial charge is 0.324 e. The average molecular weight is 390 g/mol. The zero-order valence-electron chi connectivity index (χ0n) is 14.7. The first kappa shape index (κ1) is 22.3. The molecule has 1 amide bonds. The number of carbonyl (C=O) groups excluding carboxylic acids is 1. The maximum atomic E-state index is 11.1. The third-order valence-corrected chi connectivity index (χ3v) is 4.15. The third-order valence-electron chi connectivity index (χ3n) is 3.37. The minimum absolute atomic E-state index is 0.0707. The van der Waals surface area contributed by atoms with Crippen LogP contribution in [0.2, 0.25) is 0 Å². The van der Waals surface area contributed by atoms with E-state index in [4.69, 9.17) is 21.1 Å². The second-order valence-electron chi connectivity index (χ2n) is 6.05. The summed E-state index contributed by atoms with van der Waals surface area (Å²) in [5, 5.41) is 21.8. The van der Waals surface area contributed by atoms with Gasteiger partial charge in [-0.2, -0.15) is 4.98 Å². The number of aromatic nitrogens is 2. The number of carboxylic acid groups (broad SMARTS) is 1. The Hall–Kier alpha value is -1.73. The van der Waals surface area contributed by atoms with E-state index in [0.717, 1.165) is 18.1 Å². The second-order valence-corrected chi connectivity index (χ2v) is 6.73. The summed E-state index contributed by atoms with van der Waals surface area (Å²) in [5.41, 5.74) is 10.5. The van der Waals surface area contributed by atoms with Gasteiger partial charge in [0.2, 0.25) is 11.8 Å². The summed E-state index contributed by atoms with van der Waals surface area (Å²) in [4.78, 5) is 26.0. The van der Waals surface area contributed by atoms with Gasteiger partial charge in [-0.25, -0.2) is 9.44 Å². The van der Waals surface area contributed by atoms with Crippen LogP contribution >= 0.6 is 12.1 Å². The molecule has 2 rings (SSSR count). The molecule has 1 fully saturated rings. The van der Waals surface area contributed by atoms with Crippen LogP contribution < -0.4 is 20.9 Å². The molecule has 1 saturated carbocycles. The van der Waals surface area contributed by atoms with E-state index in [1.807, 2.05) is 0 Å². The van der Waals surface area contributed by atoms with Crippen LogP contribution in [0.4, 0.5) is 0 Å². The summed E-state index contributed by atoms with van der Waals surface area (Å²) in [5.74, 6) is -0.399. The monoisotopic (exact) mass is 390 g/mol. The van der Waals surface area contributed by atoms with Crippen molar-refractivity contribution in [1.29, 1.82) is 0 Å². The van der Waals surface area contributed by atoms with E-state index in [-0.39, 0.29) is 24.7 Å². The number of aliphatic hydroxyl groups is 1. The van der Waals surface area contributed by atoms with E-state index >= 15 is 0 Å². The standard InChI is InChI=1S/C10H18N6O5S.C4H8/c1-4(17)8(10(19)20)16-22-15-5(2-6(12)18)9-13-7(3-11)14-21-9;1-4-2-3-4/h4-5,8,15-17H,2-3,11H2,1H3,(H2,12,18)(H,19,20);4H,2-3H2,1H3. The Morgan fingerprint density at radius 3 is 2.42 bits per heavy atom. The average Bonchev–Trinajstić information content (AvgIpc) is 3.18. The third kappa shape index (κ3) is 8.58. The van der Waals surface area contributed by atoms with Crippen molar-refractivity contribution in [3.8, 4) is 0 Å². The largest absolute Gasteiger partial charge is 0.480 e. The van der Waals surface area contributed by atoms with Gasteiger partial charge in [-0.15, -0.1) is 0 Å². The van der Waals surface area contributed by atoms with E-state index in [1.165, 1.54) is 19.8 Å². The molecule has 0 spiro atoms. The highest BCUT2D eigenvalue weighted by molar-refractivity contribution is 7.95. The van der Waals surface area contributed by atoms with Crippen molar-refractivity contribution in [3.05, 3.63) is 11.7 Å². The van der Waals surface area contributed by atoms with Crippen molar-refractivity contribution in [2.24, 2.45) is 17.4 Å². The predicted octanol–water partition coefficient (Wildman–Crippen LogP) is -0.562. The molecule has 0 aromatic carbocycles. The lowest BCUT2D eigenvalue weighted by Gasteiger charge is -2.18. The number of carbonyl (C=O) groups is 2. The first-order valence-corrected chi connectivity index (χ1v) is 8.94. The Morgan fingerprint density at radius 1 is 1.42 bits per heavy atom. The number of nitrogens with two attached hydrogens (primary N) is 2. The number of rotatable bonds is 10. The normalized spacial score (nSPS) is 16.9. The van der Waals surface area contributed by atoms with Crippen LogP contribution in [-0.2, 0) is 16.1 Å². The minimum Gasteiger partial charge on any atom is -0.480 e. The topological polar surface area (TPSA) is 190 Å². The zero-order chi connectivity index (χ0) is 19.7. The Morgan fingerprint density at radius 2 is 2.04 bits per heavy atom. The minimum atomic E-state index is -1.22. The van der Waals surface area contributed by atoms with Crippen molar-refractivity contribution in [1.82, 2.24) is 19.6 Å². The Balaban J connectivity index is 0.000000739. The molecule has 1 heterocycles. The van der Waals surface area contributed by atoms with Gasteiger partial charge in [-0.05, 0) is 12.8 Å². The van der Waals surface area contributed by atoms with E-state index in [0.29, 0.717) is 0 Å². The quantitative estimate of drug-likeness (QED) is 0.281. The van der Waals surface area contributed by atoms with Gasteiger partial charge in [0.15, 0.2) is 5.82 Å². The summed E-state index contributed by atoms with van der Waals surface area (Å²) in [6.07, 6.45) is 1.71. The maximum Gasteiger partial charge on any atom is 0.324 e. The van der Waals surface area contributed by atoms with Crippen molar-refractivity contribution in [3.63, 3.8) is 0 Å². The van der Waals surface area contributed by atoms with Gasteiger partial charge in [0.05, 0.1) is 19.1 Å². The number of amides is 1. The lowest BCUT2D eigenvalue weighted by atomic mass is 10.2. The molecule has 1 aliphatic carbocycles. The molecule has 26 heavy (non-hydrogen) atoms. The molecule has 0 bridgehead atoms. The Kier molecular flexibility index (Phi) is 9.51. The molecule has 148 valence electrons. The first-order valence-electron chi connectivity index (χ1n) is 8.13. The van der Waals surface area contributed by atoms with Gasteiger partial charge in [0.1, 0.15) is 12.1 Å². The predicted molar refractivity (Wildman–Crippen MR) is 94.1 cm³/mol. The number of nitrogens with one attached hydrogen (secondary N) is 2. The number of hydrogen-bond donors (Lipinski definition) is 6. The molecule has 1 aliphatic rings. The number of aliphatic hydroxyl groups excluding tert-OH is 1. The Bertz CT molecular complexity index is 580. The van der Waals surface area contributed by atoms with Crippen LogP contribution in [0.1, 0.15) is 50.9 Å². The van der Waals surface area contributed by atoms with Crippen molar-refractivity contribution >= 4 is 24.0 Å². The van der Waals surface area contributed by atoms with E-state index in [9.17, 15) is 14.7 Å². The second kappa shape index (κ2) is 11.1. The van der Waals surface area contributed by atoms with Crippen molar-refractivity contribution < 1.29 is 24.3 Å². The molecular weight excluding hydrogens is 364 g/mol. The molecule has 12 heteroatoms.